The number of hydrogen-bond donors (Lipinski definition) is 2. The highest BCUT2D eigenvalue weighted by atomic mass is 32.2. The van der Waals surface area contributed by atoms with E-state index in [9.17, 15) is 4.79 Å². The monoisotopic (exact) mass is 280 g/mol. The quantitative estimate of drug-likeness (QED) is 0.787. The lowest BCUT2D eigenvalue weighted by Crippen LogP contribution is -2.34. The van der Waals surface area contributed by atoms with Crippen LogP contribution in [-0.4, -0.2) is 30.6 Å². The summed E-state index contributed by atoms with van der Waals surface area (Å²) in [5, 5.41) is 6.22. The lowest BCUT2D eigenvalue weighted by atomic mass is 10.2. The van der Waals surface area contributed by atoms with E-state index in [4.69, 9.17) is 4.74 Å². The van der Waals surface area contributed by atoms with E-state index in [0.717, 1.165) is 30.1 Å². The van der Waals surface area contributed by atoms with Crippen LogP contribution >= 0.6 is 11.8 Å². The smallest absolute Gasteiger partial charge is 0.265 e. The van der Waals surface area contributed by atoms with Crippen LogP contribution in [0.15, 0.2) is 18.2 Å². The van der Waals surface area contributed by atoms with Crippen molar-refractivity contribution in [2.75, 3.05) is 29.2 Å². The van der Waals surface area contributed by atoms with Crippen LogP contribution in [0.4, 0.5) is 11.4 Å². The normalized spacial score (nSPS) is 17.4. The summed E-state index contributed by atoms with van der Waals surface area (Å²) in [6.45, 7) is 2.70. The number of rotatable bonds is 6. The highest BCUT2D eigenvalue weighted by molar-refractivity contribution is 7.98. The second kappa shape index (κ2) is 6.70. The van der Waals surface area contributed by atoms with E-state index < -0.39 is 6.10 Å². The average molecular weight is 280 g/mol. The van der Waals surface area contributed by atoms with Crippen molar-refractivity contribution in [3.8, 4) is 5.75 Å². The van der Waals surface area contributed by atoms with Gasteiger partial charge in [0.1, 0.15) is 5.75 Å². The highest BCUT2D eigenvalue weighted by Gasteiger charge is 2.23. The summed E-state index contributed by atoms with van der Waals surface area (Å²) in [6.07, 6.45) is 4.08. The maximum absolute atomic E-state index is 11.5. The molecule has 1 atom stereocenters. The number of thioether (sulfide) groups is 1. The van der Waals surface area contributed by atoms with Crippen LogP contribution in [0.1, 0.15) is 19.8 Å². The Morgan fingerprint density at radius 2 is 2.26 bits per heavy atom. The van der Waals surface area contributed by atoms with E-state index in [2.05, 4.69) is 16.9 Å². The van der Waals surface area contributed by atoms with Gasteiger partial charge in [0.2, 0.25) is 0 Å². The average Bonchev–Trinajstić information content (AvgIpc) is 2.40. The number of nitrogens with one attached hydrogen (secondary N) is 2. The molecule has 1 amide bonds. The van der Waals surface area contributed by atoms with Gasteiger partial charge in [0.25, 0.3) is 5.91 Å². The maximum atomic E-state index is 11.5. The van der Waals surface area contributed by atoms with Crippen LogP contribution < -0.4 is 15.4 Å². The van der Waals surface area contributed by atoms with Gasteiger partial charge in [-0.3, -0.25) is 4.79 Å². The third-order valence-electron chi connectivity index (χ3n) is 3.01. The fourth-order valence-corrected chi connectivity index (χ4v) is 2.42. The minimum absolute atomic E-state index is 0.0929. The maximum Gasteiger partial charge on any atom is 0.265 e. The van der Waals surface area contributed by atoms with Crippen LogP contribution in [0.25, 0.3) is 0 Å². The van der Waals surface area contributed by atoms with Crippen molar-refractivity contribution >= 4 is 29.0 Å². The summed E-state index contributed by atoms with van der Waals surface area (Å²) in [5.41, 5.74) is 1.76. The molecule has 1 heterocycles. The van der Waals surface area contributed by atoms with E-state index in [1.165, 1.54) is 12.2 Å². The molecular formula is C14H20N2O2S. The Morgan fingerprint density at radius 3 is 3.05 bits per heavy atom. The molecule has 0 spiro atoms. The van der Waals surface area contributed by atoms with Gasteiger partial charge in [-0.25, -0.2) is 0 Å². The Balaban J connectivity index is 1.90. The fraction of sp³-hybridized carbons (Fsp3) is 0.500. The van der Waals surface area contributed by atoms with Gasteiger partial charge < -0.3 is 15.4 Å². The van der Waals surface area contributed by atoms with E-state index in [-0.39, 0.29) is 5.91 Å². The number of benzene rings is 1. The lowest BCUT2D eigenvalue weighted by molar-refractivity contribution is -0.122. The van der Waals surface area contributed by atoms with Gasteiger partial charge >= 0.3 is 0 Å². The minimum atomic E-state index is -0.419. The molecule has 5 heteroatoms. The van der Waals surface area contributed by atoms with Gasteiger partial charge in [-0.05, 0) is 50.0 Å². The van der Waals surface area contributed by atoms with Gasteiger partial charge in [-0.1, -0.05) is 0 Å². The number of fused-ring (bicyclic) bond motifs is 1. The molecule has 0 radical (unpaired) electrons. The number of anilines is 2. The number of amides is 1. The van der Waals surface area contributed by atoms with Crippen molar-refractivity contribution in [3.05, 3.63) is 18.2 Å². The van der Waals surface area contributed by atoms with Crippen LogP contribution in [0, 0.1) is 0 Å². The van der Waals surface area contributed by atoms with Crippen LogP contribution in [0.5, 0.6) is 5.75 Å². The van der Waals surface area contributed by atoms with Gasteiger partial charge in [-0.2, -0.15) is 11.8 Å². The molecule has 1 aromatic carbocycles. The van der Waals surface area contributed by atoms with Crippen molar-refractivity contribution in [3.63, 3.8) is 0 Å². The molecule has 0 bridgehead atoms. The minimum Gasteiger partial charge on any atom is -0.479 e. The summed E-state index contributed by atoms with van der Waals surface area (Å²) in [6, 6.07) is 5.81. The second-order valence-corrected chi connectivity index (χ2v) is 5.57. The molecule has 4 nitrogen and oxygen atoms in total. The molecule has 1 aliphatic rings. The Morgan fingerprint density at radius 1 is 1.42 bits per heavy atom. The van der Waals surface area contributed by atoms with Crippen LogP contribution in [0.2, 0.25) is 0 Å². The molecule has 1 unspecified atom stereocenters. The Hall–Kier alpha value is -1.36. The van der Waals surface area contributed by atoms with Crippen molar-refractivity contribution in [2.24, 2.45) is 0 Å². The van der Waals surface area contributed by atoms with Gasteiger partial charge in [0.15, 0.2) is 6.10 Å². The molecule has 2 N–H and O–H groups in total. The van der Waals surface area contributed by atoms with E-state index in [1.54, 1.807) is 6.92 Å². The SMILES string of the molecule is CSCCCCNc1ccc2c(c1)NC(=O)C(C)O2. The summed E-state index contributed by atoms with van der Waals surface area (Å²) in [7, 11) is 0. The topological polar surface area (TPSA) is 50.4 Å². The molecule has 1 aromatic rings. The molecule has 0 aromatic heterocycles. The first-order valence-electron chi connectivity index (χ1n) is 6.55. The largest absolute Gasteiger partial charge is 0.479 e. The Kier molecular flexibility index (Phi) is 4.96. The number of unbranched alkanes of at least 4 members (excludes halogenated alkanes) is 1. The molecule has 0 fully saturated rings. The molecule has 104 valence electrons. The van der Waals surface area contributed by atoms with E-state index in [0.29, 0.717) is 0 Å². The number of hydrogen-bond acceptors (Lipinski definition) is 4. The third kappa shape index (κ3) is 3.80. The van der Waals surface area contributed by atoms with Crippen molar-refractivity contribution in [1.29, 1.82) is 0 Å². The zero-order valence-electron chi connectivity index (χ0n) is 11.4. The molecule has 1 aliphatic heterocycles. The first kappa shape index (κ1) is 14.1. The predicted octanol–water partition coefficient (Wildman–Crippen LogP) is 2.96. The molecule has 0 saturated carbocycles. The second-order valence-electron chi connectivity index (χ2n) is 4.59. The van der Waals surface area contributed by atoms with Crippen LogP contribution in [-0.2, 0) is 4.79 Å². The lowest BCUT2D eigenvalue weighted by Gasteiger charge is -2.23. The number of carbonyl (C=O) groups is 1. The van der Waals surface area contributed by atoms with Gasteiger partial charge in [0.05, 0.1) is 5.69 Å². The van der Waals surface area contributed by atoms with Gasteiger partial charge in [0, 0.05) is 12.2 Å². The number of carbonyl (C=O) groups excluding carboxylic acids is 1. The summed E-state index contributed by atoms with van der Waals surface area (Å²) in [4.78, 5) is 11.5. The standard InChI is InChI=1S/C14H20N2O2S/c1-10-14(17)16-12-9-11(5-6-13(12)18-10)15-7-3-4-8-19-2/h5-6,9-10,15H,3-4,7-8H2,1-2H3,(H,16,17). The highest BCUT2D eigenvalue weighted by Crippen LogP contribution is 2.32. The van der Waals surface area contributed by atoms with E-state index >= 15 is 0 Å². The van der Waals surface area contributed by atoms with Crippen molar-refractivity contribution in [2.45, 2.75) is 25.9 Å². The molecule has 19 heavy (non-hydrogen) atoms. The number of ether oxygens (including phenoxy) is 1. The van der Waals surface area contributed by atoms with Gasteiger partial charge in [-0.15, -0.1) is 0 Å². The Labute approximate surface area is 118 Å². The molecule has 0 aliphatic carbocycles. The summed E-state index contributed by atoms with van der Waals surface area (Å²) in [5.74, 6) is 1.85. The van der Waals surface area contributed by atoms with Crippen LogP contribution in [0.3, 0.4) is 0 Å². The zero-order chi connectivity index (χ0) is 13.7. The van der Waals surface area contributed by atoms with Crippen molar-refractivity contribution in [1.82, 2.24) is 0 Å². The predicted molar refractivity (Wildman–Crippen MR) is 81.3 cm³/mol. The zero-order valence-corrected chi connectivity index (χ0v) is 12.2. The first-order valence-corrected chi connectivity index (χ1v) is 7.94. The summed E-state index contributed by atoms with van der Waals surface area (Å²) < 4.78 is 5.51. The first-order chi connectivity index (χ1) is 9.20. The molecule has 0 saturated heterocycles. The third-order valence-corrected chi connectivity index (χ3v) is 3.71. The van der Waals surface area contributed by atoms with Crippen molar-refractivity contribution < 1.29 is 9.53 Å². The molecule has 2 rings (SSSR count). The molecular weight excluding hydrogens is 260 g/mol. The summed E-state index contributed by atoms with van der Waals surface area (Å²) >= 11 is 1.88. The fourth-order valence-electron chi connectivity index (χ4n) is 1.92. The van der Waals surface area contributed by atoms with E-state index in [1.807, 2.05) is 30.0 Å². The Bertz CT molecular complexity index is 451.